The molecule has 0 aliphatic heterocycles. The van der Waals surface area contributed by atoms with Crippen molar-refractivity contribution < 1.29 is 9.90 Å². The van der Waals surface area contributed by atoms with Crippen LogP contribution >= 0.6 is 24.0 Å². The highest BCUT2D eigenvalue weighted by Crippen LogP contribution is 2.36. The predicted octanol–water partition coefficient (Wildman–Crippen LogP) is 2.70. The van der Waals surface area contributed by atoms with Crippen molar-refractivity contribution in [3.8, 4) is 0 Å². The smallest absolute Gasteiger partial charge is 0.251 e. The lowest BCUT2D eigenvalue weighted by Gasteiger charge is -2.37. The molecule has 4 N–H and O–H groups in total. The Morgan fingerprint density at radius 2 is 2.11 bits per heavy atom. The average Bonchev–Trinajstić information content (AvgIpc) is 2.68. The van der Waals surface area contributed by atoms with Crippen molar-refractivity contribution >= 4 is 35.8 Å². The number of amides is 1. The Morgan fingerprint density at radius 1 is 1.32 bits per heavy atom. The van der Waals surface area contributed by atoms with Crippen LogP contribution in [0.5, 0.6) is 0 Å². The van der Waals surface area contributed by atoms with Crippen molar-refractivity contribution in [3.05, 3.63) is 35.4 Å². The van der Waals surface area contributed by atoms with Crippen LogP contribution in [0.25, 0.3) is 0 Å². The van der Waals surface area contributed by atoms with E-state index >= 15 is 0 Å². The van der Waals surface area contributed by atoms with E-state index in [1.165, 1.54) is 0 Å². The Bertz CT molecular complexity index is 653. The summed E-state index contributed by atoms with van der Waals surface area (Å²) in [7, 11) is 1.64. The zero-order valence-corrected chi connectivity index (χ0v) is 19.6. The van der Waals surface area contributed by atoms with Gasteiger partial charge in [-0.25, -0.2) is 0 Å². The van der Waals surface area contributed by atoms with Gasteiger partial charge < -0.3 is 21.1 Å². The molecule has 0 bridgehead atoms. The van der Waals surface area contributed by atoms with Crippen molar-refractivity contribution in [2.45, 2.75) is 52.1 Å². The predicted molar refractivity (Wildman–Crippen MR) is 126 cm³/mol. The van der Waals surface area contributed by atoms with E-state index in [0.717, 1.165) is 56.7 Å². The fraction of sp³-hybridized carbons (Fsp3) is 0.619. The van der Waals surface area contributed by atoms with Gasteiger partial charge in [0.25, 0.3) is 5.91 Å². The molecule has 1 aromatic rings. The summed E-state index contributed by atoms with van der Waals surface area (Å²) in [6.45, 7) is 6.31. The summed E-state index contributed by atoms with van der Waals surface area (Å²) in [6.07, 6.45) is 4.68. The molecule has 1 fully saturated rings. The molecular formula is C21H35IN4O2. The van der Waals surface area contributed by atoms with Crippen LogP contribution in [0, 0.1) is 5.41 Å². The Hall–Kier alpha value is -1.35. The molecule has 2 atom stereocenters. The normalized spacial score (nSPS) is 22.1. The number of carbonyl (C=O) groups is 1. The third-order valence-electron chi connectivity index (χ3n) is 5.34. The molecule has 0 saturated heterocycles. The Kier molecular flexibility index (Phi) is 10.8. The lowest BCUT2D eigenvalue weighted by atomic mass is 9.73. The van der Waals surface area contributed by atoms with E-state index in [-0.39, 0.29) is 41.4 Å². The maximum atomic E-state index is 11.7. The molecule has 7 heteroatoms. The van der Waals surface area contributed by atoms with Crippen molar-refractivity contribution in [1.82, 2.24) is 16.0 Å². The van der Waals surface area contributed by atoms with E-state index in [2.05, 4.69) is 22.9 Å². The first-order valence-electron chi connectivity index (χ1n) is 10.00. The SMILES string of the molecule is CCNC(=NCC1(C)CCCCC1O)NCCc1cccc(C(=O)NC)c1.I. The summed E-state index contributed by atoms with van der Waals surface area (Å²) >= 11 is 0. The number of aliphatic hydroxyl groups excluding tert-OH is 1. The van der Waals surface area contributed by atoms with Crippen LogP contribution < -0.4 is 16.0 Å². The van der Waals surface area contributed by atoms with Gasteiger partial charge in [-0.05, 0) is 43.9 Å². The monoisotopic (exact) mass is 502 g/mol. The Labute approximate surface area is 186 Å². The number of benzene rings is 1. The maximum Gasteiger partial charge on any atom is 0.251 e. The van der Waals surface area contributed by atoms with E-state index in [0.29, 0.717) is 12.1 Å². The number of hydrogen-bond acceptors (Lipinski definition) is 3. The first kappa shape index (κ1) is 24.7. The number of nitrogens with zero attached hydrogens (tertiary/aromatic N) is 1. The van der Waals surface area contributed by atoms with Gasteiger partial charge in [0.05, 0.1) is 12.6 Å². The van der Waals surface area contributed by atoms with Gasteiger partial charge in [-0.15, -0.1) is 24.0 Å². The molecule has 158 valence electrons. The molecular weight excluding hydrogens is 467 g/mol. The molecule has 6 nitrogen and oxygen atoms in total. The maximum absolute atomic E-state index is 11.7. The van der Waals surface area contributed by atoms with E-state index in [1.54, 1.807) is 7.05 Å². The molecule has 28 heavy (non-hydrogen) atoms. The molecule has 2 rings (SSSR count). The average molecular weight is 502 g/mol. The first-order valence-corrected chi connectivity index (χ1v) is 10.00. The second-order valence-electron chi connectivity index (χ2n) is 7.57. The highest BCUT2D eigenvalue weighted by atomic mass is 127. The van der Waals surface area contributed by atoms with Crippen LogP contribution in [-0.4, -0.2) is 49.8 Å². The lowest BCUT2D eigenvalue weighted by molar-refractivity contribution is 0.00716. The number of nitrogens with one attached hydrogen (secondary N) is 3. The summed E-state index contributed by atoms with van der Waals surface area (Å²) in [5, 5.41) is 19.6. The zero-order chi connectivity index (χ0) is 19.7. The molecule has 0 heterocycles. The van der Waals surface area contributed by atoms with Gasteiger partial charge >= 0.3 is 0 Å². The van der Waals surface area contributed by atoms with Crippen molar-refractivity contribution in [2.75, 3.05) is 26.7 Å². The van der Waals surface area contributed by atoms with Crippen molar-refractivity contribution in [3.63, 3.8) is 0 Å². The number of carbonyl (C=O) groups excluding carboxylic acids is 1. The Balaban J connectivity index is 0.00000392. The van der Waals surface area contributed by atoms with Crippen LogP contribution in [0.2, 0.25) is 0 Å². The summed E-state index contributed by atoms with van der Waals surface area (Å²) in [5.74, 6) is 0.706. The molecule has 0 aromatic heterocycles. The van der Waals surface area contributed by atoms with Gasteiger partial charge in [-0.3, -0.25) is 9.79 Å². The van der Waals surface area contributed by atoms with Gasteiger partial charge in [0, 0.05) is 31.1 Å². The number of aliphatic imine (C=N–C) groups is 1. The van der Waals surface area contributed by atoms with E-state index < -0.39 is 0 Å². The van der Waals surface area contributed by atoms with Crippen LogP contribution in [0.4, 0.5) is 0 Å². The highest BCUT2D eigenvalue weighted by Gasteiger charge is 2.35. The summed E-state index contributed by atoms with van der Waals surface area (Å²) in [5.41, 5.74) is 1.64. The van der Waals surface area contributed by atoms with Crippen LogP contribution in [-0.2, 0) is 6.42 Å². The topological polar surface area (TPSA) is 85.8 Å². The minimum atomic E-state index is -0.273. The summed E-state index contributed by atoms with van der Waals surface area (Å²) in [6, 6.07) is 7.67. The molecule has 0 radical (unpaired) electrons. The number of hydrogen-bond donors (Lipinski definition) is 4. The number of halogens is 1. The molecule has 2 unspecified atom stereocenters. The van der Waals surface area contributed by atoms with Crippen molar-refractivity contribution in [2.24, 2.45) is 10.4 Å². The van der Waals surface area contributed by atoms with Gasteiger partial charge in [0.15, 0.2) is 5.96 Å². The fourth-order valence-electron chi connectivity index (χ4n) is 3.51. The van der Waals surface area contributed by atoms with Crippen LogP contribution in [0.1, 0.15) is 55.5 Å². The van der Waals surface area contributed by atoms with E-state index in [9.17, 15) is 9.90 Å². The molecule has 1 aliphatic carbocycles. The molecule has 0 spiro atoms. The van der Waals surface area contributed by atoms with Crippen molar-refractivity contribution in [1.29, 1.82) is 0 Å². The third kappa shape index (κ3) is 7.24. The summed E-state index contributed by atoms with van der Waals surface area (Å²) in [4.78, 5) is 16.5. The van der Waals surface area contributed by atoms with E-state index in [1.807, 2.05) is 31.2 Å². The quantitative estimate of drug-likeness (QED) is 0.263. The fourth-order valence-corrected chi connectivity index (χ4v) is 3.51. The first-order chi connectivity index (χ1) is 13.0. The number of rotatable bonds is 7. The van der Waals surface area contributed by atoms with Crippen LogP contribution in [0.15, 0.2) is 29.3 Å². The second kappa shape index (κ2) is 12.3. The number of guanidine groups is 1. The molecule has 1 saturated carbocycles. The minimum absolute atomic E-state index is 0. The van der Waals surface area contributed by atoms with Gasteiger partial charge in [0.1, 0.15) is 0 Å². The largest absolute Gasteiger partial charge is 0.392 e. The number of aliphatic hydroxyl groups is 1. The van der Waals surface area contributed by atoms with Gasteiger partial charge in [-0.1, -0.05) is 31.9 Å². The zero-order valence-electron chi connectivity index (χ0n) is 17.3. The molecule has 1 aromatic carbocycles. The van der Waals surface area contributed by atoms with Gasteiger partial charge in [-0.2, -0.15) is 0 Å². The Morgan fingerprint density at radius 3 is 2.79 bits per heavy atom. The van der Waals surface area contributed by atoms with E-state index in [4.69, 9.17) is 4.99 Å². The lowest BCUT2D eigenvalue weighted by Crippen LogP contribution is -2.42. The van der Waals surface area contributed by atoms with Crippen LogP contribution in [0.3, 0.4) is 0 Å². The minimum Gasteiger partial charge on any atom is -0.392 e. The highest BCUT2D eigenvalue weighted by molar-refractivity contribution is 14.0. The second-order valence-corrected chi connectivity index (χ2v) is 7.57. The molecule has 1 aliphatic rings. The molecule has 1 amide bonds. The summed E-state index contributed by atoms with van der Waals surface area (Å²) < 4.78 is 0. The standard InChI is InChI=1S/C21H34N4O2.HI/c1-4-23-20(25-15-21(2)12-6-5-10-18(21)26)24-13-11-16-8-7-9-17(14-16)19(27)22-3;/h7-9,14,18,26H,4-6,10-13,15H2,1-3H3,(H,22,27)(H2,23,24,25);1H. The third-order valence-corrected chi connectivity index (χ3v) is 5.34. The van der Waals surface area contributed by atoms with Gasteiger partial charge in [0.2, 0.25) is 0 Å².